The summed E-state index contributed by atoms with van der Waals surface area (Å²) in [6.07, 6.45) is 6.17. The Balaban J connectivity index is 1.37. The number of amides is 2. The lowest BCUT2D eigenvalue weighted by molar-refractivity contribution is -0.386. The van der Waals surface area contributed by atoms with Crippen LogP contribution < -0.4 is 4.74 Å². The van der Waals surface area contributed by atoms with Gasteiger partial charge in [-0.25, -0.2) is 0 Å². The minimum atomic E-state index is -0.534. The van der Waals surface area contributed by atoms with E-state index >= 15 is 0 Å². The topological polar surface area (TPSA) is 102 Å². The molecule has 0 N–H and O–H groups in total. The molecule has 1 heterocycles. The summed E-state index contributed by atoms with van der Waals surface area (Å²) in [6.45, 7) is 2.13. The summed E-state index contributed by atoms with van der Waals surface area (Å²) in [5.74, 6) is -1.00. The predicted molar refractivity (Wildman–Crippen MR) is 123 cm³/mol. The van der Waals surface area contributed by atoms with E-state index in [0.29, 0.717) is 10.0 Å². The van der Waals surface area contributed by atoms with Gasteiger partial charge in [0.1, 0.15) is 6.61 Å². The quantitative estimate of drug-likeness (QED) is 0.189. The van der Waals surface area contributed by atoms with Crippen molar-refractivity contribution in [3.8, 4) is 5.75 Å². The van der Waals surface area contributed by atoms with Crippen LogP contribution in [0.1, 0.15) is 23.1 Å². The van der Waals surface area contributed by atoms with Crippen LogP contribution in [0.4, 0.5) is 5.69 Å². The number of imide groups is 1. The molecule has 8 nitrogen and oxygen atoms in total. The molecule has 168 valence electrons. The van der Waals surface area contributed by atoms with Crippen molar-refractivity contribution in [1.29, 1.82) is 0 Å². The zero-order valence-corrected chi connectivity index (χ0v) is 19.3. The summed E-state index contributed by atoms with van der Waals surface area (Å²) < 4.78 is 6.14. The van der Waals surface area contributed by atoms with E-state index in [-0.39, 0.29) is 53.5 Å². The van der Waals surface area contributed by atoms with Gasteiger partial charge in [-0.15, -0.1) is 0 Å². The summed E-state index contributed by atoms with van der Waals surface area (Å²) in [6, 6.07) is 10.6. The first-order valence-corrected chi connectivity index (χ1v) is 11.4. The number of rotatable bonds is 6. The fourth-order valence-electron chi connectivity index (χ4n) is 5.03. The molecule has 1 saturated heterocycles. The highest BCUT2D eigenvalue weighted by Gasteiger charge is 2.59. The Bertz CT molecular complexity index is 1210. The summed E-state index contributed by atoms with van der Waals surface area (Å²) in [5, 5.41) is 16.7. The molecule has 0 aromatic heterocycles. The van der Waals surface area contributed by atoms with Crippen LogP contribution in [0, 0.1) is 40.7 Å². The molecule has 0 spiro atoms. The largest absolute Gasteiger partial charge is 0.481 e. The number of benzene rings is 2. The molecule has 4 atom stereocenters. The number of hydrazone groups is 1. The number of nitrogens with zero attached hydrogens (tertiary/aromatic N) is 3. The lowest BCUT2D eigenvalue weighted by atomic mass is 9.85. The minimum Gasteiger partial charge on any atom is -0.481 e. The van der Waals surface area contributed by atoms with Gasteiger partial charge in [0, 0.05) is 11.6 Å². The van der Waals surface area contributed by atoms with E-state index in [9.17, 15) is 19.7 Å². The number of nitro benzene ring substituents is 1. The monoisotopic (exact) mass is 509 g/mol. The number of carbonyl (C=O) groups excluding carboxylic acids is 2. The van der Waals surface area contributed by atoms with Gasteiger partial charge >= 0.3 is 5.69 Å². The van der Waals surface area contributed by atoms with Gasteiger partial charge in [0.15, 0.2) is 0 Å². The normalized spacial score (nSPS) is 25.3. The molecule has 2 aromatic carbocycles. The van der Waals surface area contributed by atoms with Crippen LogP contribution in [0.3, 0.4) is 0 Å². The molecule has 1 aliphatic heterocycles. The number of halogens is 1. The van der Waals surface area contributed by atoms with Gasteiger partial charge in [-0.1, -0.05) is 42.0 Å². The maximum Gasteiger partial charge on any atom is 0.312 e. The lowest BCUT2D eigenvalue weighted by Crippen LogP contribution is -2.28. The van der Waals surface area contributed by atoms with Crippen molar-refractivity contribution in [2.75, 3.05) is 0 Å². The second-order valence-electron chi connectivity index (χ2n) is 8.62. The number of aryl methyl sites for hydroxylation is 1. The zero-order chi connectivity index (χ0) is 23.3. The first kappa shape index (κ1) is 21.5. The maximum atomic E-state index is 12.8. The average Bonchev–Trinajstić information content (AvgIpc) is 3.45. The van der Waals surface area contributed by atoms with Crippen molar-refractivity contribution in [3.05, 3.63) is 79.8 Å². The van der Waals surface area contributed by atoms with Crippen molar-refractivity contribution in [3.63, 3.8) is 0 Å². The molecule has 33 heavy (non-hydrogen) atoms. The highest BCUT2D eigenvalue weighted by molar-refractivity contribution is 9.10. The van der Waals surface area contributed by atoms with Gasteiger partial charge in [-0.05, 0) is 52.7 Å². The molecule has 1 saturated carbocycles. The lowest BCUT2D eigenvalue weighted by Gasteiger charge is -2.13. The van der Waals surface area contributed by atoms with Crippen molar-refractivity contribution in [2.24, 2.45) is 28.8 Å². The van der Waals surface area contributed by atoms with Gasteiger partial charge in [-0.2, -0.15) is 10.1 Å². The molecule has 5 rings (SSSR count). The Morgan fingerprint density at radius 2 is 1.88 bits per heavy atom. The average molecular weight is 510 g/mol. The summed E-state index contributed by atoms with van der Waals surface area (Å²) in [4.78, 5) is 36.7. The third-order valence-corrected chi connectivity index (χ3v) is 7.07. The molecule has 2 aliphatic carbocycles. The van der Waals surface area contributed by atoms with E-state index in [0.717, 1.165) is 22.6 Å². The van der Waals surface area contributed by atoms with E-state index in [1.807, 2.05) is 43.3 Å². The molecule has 9 heteroatoms. The van der Waals surface area contributed by atoms with Crippen LogP contribution in [0.25, 0.3) is 0 Å². The van der Waals surface area contributed by atoms with E-state index in [1.54, 1.807) is 6.07 Å². The van der Waals surface area contributed by atoms with Gasteiger partial charge in [0.05, 0.1) is 27.4 Å². The van der Waals surface area contributed by atoms with Gasteiger partial charge in [-0.3, -0.25) is 19.7 Å². The number of fused-ring (bicyclic) bond motifs is 5. The van der Waals surface area contributed by atoms with Crippen molar-refractivity contribution in [1.82, 2.24) is 5.01 Å². The molecule has 2 aromatic rings. The van der Waals surface area contributed by atoms with Gasteiger partial charge in [0.25, 0.3) is 11.8 Å². The summed E-state index contributed by atoms with van der Waals surface area (Å²) in [7, 11) is 0. The second-order valence-corrected chi connectivity index (χ2v) is 9.47. The van der Waals surface area contributed by atoms with Crippen LogP contribution in [0.15, 0.2) is 58.1 Å². The fraction of sp³-hybridized carbons (Fsp3) is 0.292. The Morgan fingerprint density at radius 3 is 2.52 bits per heavy atom. The van der Waals surface area contributed by atoms with Crippen LogP contribution in [0.2, 0.25) is 0 Å². The molecule has 2 fully saturated rings. The van der Waals surface area contributed by atoms with E-state index in [2.05, 4.69) is 21.0 Å². The molecule has 0 radical (unpaired) electrons. The van der Waals surface area contributed by atoms with Gasteiger partial charge < -0.3 is 4.74 Å². The van der Waals surface area contributed by atoms with E-state index in [4.69, 9.17) is 4.74 Å². The summed E-state index contributed by atoms with van der Waals surface area (Å²) >= 11 is 3.35. The van der Waals surface area contributed by atoms with Crippen LogP contribution in [-0.2, 0) is 16.2 Å². The van der Waals surface area contributed by atoms with E-state index in [1.165, 1.54) is 12.3 Å². The van der Waals surface area contributed by atoms with Crippen LogP contribution in [-0.4, -0.2) is 28.0 Å². The molecule has 0 unspecified atom stereocenters. The van der Waals surface area contributed by atoms with Crippen LogP contribution >= 0.6 is 15.9 Å². The Hall–Kier alpha value is -3.33. The molecular formula is C24H20BrN3O5. The number of ether oxygens (including phenoxy) is 1. The van der Waals surface area contributed by atoms with Gasteiger partial charge in [0.2, 0.25) is 5.75 Å². The fourth-order valence-corrected chi connectivity index (χ4v) is 5.62. The number of hydrogen-bond acceptors (Lipinski definition) is 6. The minimum absolute atomic E-state index is 0.0942. The maximum absolute atomic E-state index is 12.8. The Kier molecular flexibility index (Phi) is 5.36. The standard InChI is InChI=1S/C24H20BrN3O5/c1-13-3-2-4-14(7-13)12-33-22-18(25)8-15(9-19(22)28(31)32)11-26-27-23(29)20-16-5-6-17(10-16)21(20)24(27)30/h2-9,11,16-17,20-21H,10,12H2,1H3/t16-,17-,20-,21+/m0/s1. The second kappa shape index (κ2) is 8.22. The third-order valence-electron chi connectivity index (χ3n) is 6.48. The van der Waals surface area contributed by atoms with Crippen LogP contribution in [0.5, 0.6) is 5.75 Å². The van der Waals surface area contributed by atoms with Crippen molar-refractivity contribution >= 4 is 39.6 Å². The Morgan fingerprint density at radius 1 is 1.18 bits per heavy atom. The predicted octanol–water partition coefficient (Wildman–Crippen LogP) is 4.39. The molecular weight excluding hydrogens is 490 g/mol. The third kappa shape index (κ3) is 3.76. The highest BCUT2D eigenvalue weighted by atomic mass is 79.9. The van der Waals surface area contributed by atoms with E-state index < -0.39 is 4.92 Å². The summed E-state index contributed by atoms with van der Waals surface area (Å²) in [5.41, 5.74) is 2.09. The number of carbonyl (C=O) groups is 2. The first-order valence-electron chi connectivity index (χ1n) is 10.6. The zero-order valence-electron chi connectivity index (χ0n) is 17.7. The molecule has 3 aliphatic rings. The smallest absolute Gasteiger partial charge is 0.312 e. The van der Waals surface area contributed by atoms with Crippen molar-refractivity contribution < 1.29 is 19.2 Å². The first-order chi connectivity index (χ1) is 15.8. The highest BCUT2D eigenvalue weighted by Crippen LogP contribution is 2.52. The molecule has 2 amide bonds. The molecule has 2 bridgehead atoms. The number of allylic oxidation sites excluding steroid dienone is 2. The van der Waals surface area contributed by atoms with Crippen molar-refractivity contribution in [2.45, 2.75) is 20.0 Å². The Labute approximate surface area is 198 Å². The SMILES string of the molecule is Cc1cccc(COc2c(Br)cc(C=NN3C(=O)[C@@H]4[C@H](C3=O)[C@H]3C=C[C@H]4C3)cc2[N+](=O)[O-])c1. The number of nitro groups is 1. The number of hydrogen-bond donors (Lipinski definition) is 0.